The largest absolute Gasteiger partial charge is 0.382 e. The number of fused-ring (bicyclic) bond motifs is 1. The van der Waals surface area contributed by atoms with Gasteiger partial charge in [-0.3, -0.25) is 4.79 Å². The summed E-state index contributed by atoms with van der Waals surface area (Å²) in [5, 5.41) is 8.79. The molecule has 1 fully saturated rings. The second-order valence-corrected chi connectivity index (χ2v) is 13.3. The van der Waals surface area contributed by atoms with Gasteiger partial charge in [-0.15, -0.1) is 11.3 Å². The molecule has 0 atom stereocenters. The summed E-state index contributed by atoms with van der Waals surface area (Å²) >= 11 is 1.46. The highest BCUT2D eigenvalue weighted by atomic mass is 32.3. The van der Waals surface area contributed by atoms with Crippen LogP contribution in [0.3, 0.4) is 0 Å². The Hall–Kier alpha value is -2.64. The Kier molecular flexibility index (Phi) is 5.90. The molecule has 3 aromatic rings. The van der Waals surface area contributed by atoms with Crippen LogP contribution in [0.25, 0.3) is 11.2 Å². The van der Waals surface area contributed by atoms with E-state index in [1.54, 1.807) is 6.33 Å². The Morgan fingerprint density at radius 2 is 1.97 bits per heavy atom. The van der Waals surface area contributed by atoms with E-state index in [0.29, 0.717) is 27.9 Å². The number of carbonyl (C=O) groups is 1. The van der Waals surface area contributed by atoms with Crippen LogP contribution in [0.2, 0.25) is 0 Å². The summed E-state index contributed by atoms with van der Waals surface area (Å²) in [7, 11) is -0.987. The topological polar surface area (TPSA) is 112 Å². The molecule has 1 aliphatic carbocycles. The Labute approximate surface area is 187 Å². The molecule has 31 heavy (non-hydrogen) atoms. The van der Waals surface area contributed by atoms with Gasteiger partial charge >= 0.3 is 0 Å². The molecular weight excluding hydrogens is 430 g/mol. The molecule has 164 valence electrons. The maximum Gasteiger partial charge on any atom is 0.229 e. The number of thiazole rings is 1. The van der Waals surface area contributed by atoms with Crippen molar-refractivity contribution in [2.75, 3.05) is 29.8 Å². The predicted octanol–water partition coefficient (Wildman–Crippen LogP) is 3.55. The number of amides is 1. The van der Waals surface area contributed by atoms with Gasteiger partial charge in [-0.2, -0.15) is 10.0 Å². The van der Waals surface area contributed by atoms with Crippen LogP contribution in [0.5, 0.6) is 0 Å². The molecule has 1 amide bonds. The number of hydrogen-bond donors (Lipinski definition) is 2. The average molecular weight is 458 g/mol. The van der Waals surface area contributed by atoms with E-state index >= 15 is 0 Å². The number of aryl methyl sites for hydroxylation is 1. The summed E-state index contributed by atoms with van der Waals surface area (Å²) < 4.78 is 2.07. The summed E-state index contributed by atoms with van der Waals surface area (Å²) in [6, 6.07) is 0.222. The Bertz CT molecular complexity index is 1170. The molecule has 1 saturated carbocycles. The molecule has 3 aromatic heterocycles. The quantitative estimate of drug-likeness (QED) is 0.582. The van der Waals surface area contributed by atoms with E-state index in [1.807, 2.05) is 12.3 Å². The molecular formula is C21H27N7OS2. The van der Waals surface area contributed by atoms with Gasteiger partial charge in [0, 0.05) is 17.3 Å². The van der Waals surface area contributed by atoms with E-state index in [4.69, 9.17) is 5.73 Å². The number of nitrogen functional groups attached to an aromatic ring is 1. The van der Waals surface area contributed by atoms with Crippen molar-refractivity contribution in [3.8, 4) is 11.2 Å². The fourth-order valence-corrected chi connectivity index (χ4v) is 4.78. The van der Waals surface area contributed by atoms with Crippen LogP contribution in [0, 0.1) is 24.0 Å². The fraction of sp³-hybridized carbons (Fsp3) is 0.476. The smallest absolute Gasteiger partial charge is 0.229 e. The average Bonchev–Trinajstić information content (AvgIpc) is 3.32. The molecule has 8 nitrogen and oxygen atoms in total. The number of anilines is 2. The summed E-state index contributed by atoms with van der Waals surface area (Å²) in [4.78, 5) is 30.3. The Morgan fingerprint density at radius 1 is 1.23 bits per heavy atom. The lowest BCUT2D eigenvalue weighted by Gasteiger charge is -2.28. The van der Waals surface area contributed by atoms with Gasteiger partial charge in [-0.1, -0.05) is 0 Å². The summed E-state index contributed by atoms with van der Waals surface area (Å²) in [5.41, 5.74) is 8.37. The zero-order valence-electron chi connectivity index (χ0n) is 18.2. The summed E-state index contributed by atoms with van der Waals surface area (Å²) in [5.74, 6) is 3.90. The lowest BCUT2D eigenvalue weighted by Crippen LogP contribution is -2.28. The molecule has 0 aliphatic heterocycles. The first-order valence-corrected chi connectivity index (χ1v) is 13.9. The number of nitrogens with one attached hydrogen (secondary N) is 1. The predicted molar refractivity (Wildman–Crippen MR) is 128 cm³/mol. The van der Waals surface area contributed by atoms with Crippen LogP contribution in [0.15, 0.2) is 11.7 Å². The van der Waals surface area contributed by atoms with Crippen molar-refractivity contribution in [2.24, 2.45) is 5.92 Å². The van der Waals surface area contributed by atoms with E-state index in [9.17, 15) is 4.79 Å². The van der Waals surface area contributed by atoms with Crippen molar-refractivity contribution in [3.05, 3.63) is 23.2 Å². The minimum Gasteiger partial charge on any atom is -0.382 e. The van der Waals surface area contributed by atoms with Crippen molar-refractivity contribution in [1.29, 1.82) is 0 Å². The van der Waals surface area contributed by atoms with E-state index in [-0.39, 0.29) is 17.9 Å². The summed E-state index contributed by atoms with van der Waals surface area (Å²) in [6.07, 6.45) is 11.5. The SMILES string of the molecule is Cc1csc(NC(=O)C2CCC(n3cnc4c(N)nc(C#CS(C)(C)C)nc43)CC2)n1. The standard InChI is InChI=1S/C21H27N7OS2/c1-13-11-30-21(24-13)27-20(29)14-5-7-15(8-6-14)28-12-23-17-18(22)25-16(26-19(17)28)9-10-31(2,3)4/h11-12,14-15H,5-8H2,1-4H3,(H2,22,25,26)(H,24,27,29). The van der Waals surface area contributed by atoms with E-state index in [2.05, 4.69) is 59.8 Å². The van der Waals surface area contributed by atoms with Gasteiger partial charge in [-0.25, -0.2) is 19.9 Å². The molecule has 0 radical (unpaired) electrons. The van der Waals surface area contributed by atoms with Gasteiger partial charge in [-0.05, 0) is 62.5 Å². The maximum atomic E-state index is 12.6. The lowest BCUT2D eigenvalue weighted by atomic mass is 9.85. The first-order chi connectivity index (χ1) is 14.7. The first kappa shape index (κ1) is 21.6. The molecule has 4 rings (SSSR count). The minimum absolute atomic E-state index is 0.00822. The zero-order chi connectivity index (χ0) is 22.2. The van der Waals surface area contributed by atoms with Crippen LogP contribution >= 0.6 is 21.4 Å². The number of hydrogen-bond acceptors (Lipinski definition) is 7. The monoisotopic (exact) mass is 457 g/mol. The van der Waals surface area contributed by atoms with Gasteiger partial charge in [0.05, 0.1) is 12.0 Å². The van der Waals surface area contributed by atoms with Gasteiger partial charge in [0.25, 0.3) is 0 Å². The third-order valence-corrected chi connectivity index (χ3v) is 6.82. The third-order valence-electron chi connectivity index (χ3n) is 5.23. The summed E-state index contributed by atoms with van der Waals surface area (Å²) in [6.45, 7) is 1.92. The van der Waals surface area contributed by atoms with Crippen LogP contribution in [0.4, 0.5) is 10.9 Å². The normalized spacial score (nSPS) is 19.6. The molecule has 0 aromatic carbocycles. The van der Waals surface area contributed by atoms with Gasteiger partial charge in [0.1, 0.15) is 5.52 Å². The zero-order valence-corrected chi connectivity index (χ0v) is 19.8. The van der Waals surface area contributed by atoms with Crippen molar-refractivity contribution in [3.63, 3.8) is 0 Å². The highest BCUT2D eigenvalue weighted by Gasteiger charge is 2.29. The minimum atomic E-state index is -0.987. The van der Waals surface area contributed by atoms with Crippen LogP contribution in [-0.4, -0.2) is 49.2 Å². The van der Waals surface area contributed by atoms with Crippen molar-refractivity contribution in [1.82, 2.24) is 24.5 Å². The second kappa shape index (κ2) is 8.48. The van der Waals surface area contributed by atoms with Crippen molar-refractivity contribution < 1.29 is 4.79 Å². The number of nitrogens with two attached hydrogens (primary N) is 1. The Balaban J connectivity index is 1.49. The molecule has 10 heteroatoms. The van der Waals surface area contributed by atoms with E-state index in [1.165, 1.54) is 11.3 Å². The fourth-order valence-electron chi connectivity index (χ4n) is 3.70. The maximum absolute atomic E-state index is 12.6. The van der Waals surface area contributed by atoms with Crippen LogP contribution < -0.4 is 11.1 Å². The van der Waals surface area contributed by atoms with Crippen LogP contribution in [-0.2, 0) is 4.79 Å². The van der Waals surface area contributed by atoms with Gasteiger partial charge < -0.3 is 15.6 Å². The highest BCUT2D eigenvalue weighted by Crippen LogP contribution is 2.35. The molecule has 0 saturated heterocycles. The van der Waals surface area contributed by atoms with Gasteiger partial charge in [0.2, 0.25) is 11.7 Å². The molecule has 0 bridgehead atoms. The van der Waals surface area contributed by atoms with Crippen molar-refractivity contribution in [2.45, 2.75) is 38.6 Å². The number of rotatable bonds is 3. The first-order valence-electron chi connectivity index (χ1n) is 10.1. The van der Waals surface area contributed by atoms with Gasteiger partial charge in [0.15, 0.2) is 16.6 Å². The molecule has 1 aliphatic rings. The molecule has 0 spiro atoms. The molecule has 3 N–H and O–H groups in total. The number of nitrogens with zero attached hydrogens (tertiary/aromatic N) is 5. The number of aromatic nitrogens is 5. The van der Waals surface area contributed by atoms with E-state index < -0.39 is 10.0 Å². The van der Waals surface area contributed by atoms with E-state index in [0.717, 1.165) is 31.4 Å². The lowest BCUT2D eigenvalue weighted by molar-refractivity contribution is -0.120. The highest BCUT2D eigenvalue weighted by molar-refractivity contribution is 8.35. The Morgan fingerprint density at radius 3 is 2.61 bits per heavy atom. The second-order valence-electron chi connectivity index (χ2n) is 8.61. The number of imidazole rings is 1. The molecule has 3 heterocycles. The van der Waals surface area contributed by atoms with Crippen LogP contribution in [0.1, 0.15) is 43.2 Å². The third kappa shape index (κ3) is 4.99. The number of carbonyl (C=O) groups excluding carboxylic acids is 1. The molecule has 0 unspecified atom stereocenters. The van der Waals surface area contributed by atoms with Crippen molar-refractivity contribution >= 4 is 49.4 Å².